The lowest BCUT2D eigenvalue weighted by Gasteiger charge is -2.08. The molecule has 36 valence electrons. The zero-order valence-corrected chi connectivity index (χ0v) is 6.78. The summed E-state index contributed by atoms with van der Waals surface area (Å²) in [4.78, 5) is 0. The van der Waals surface area contributed by atoms with Gasteiger partial charge in [-0.3, -0.25) is 0 Å². The van der Waals surface area contributed by atoms with Crippen molar-refractivity contribution < 1.29 is 0 Å². The summed E-state index contributed by atoms with van der Waals surface area (Å²) in [5.41, 5.74) is 0. The second kappa shape index (κ2) is 1.60. The van der Waals surface area contributed by atoms with Crippen LogP contribution in [0.4, 0.5) is 0 Å². The number of rotatable bonds is 1. The van der Waals surface area contributed by atoms with Crippen molar-refractivity contribution in [1.29, 1.82) is 0 Å². The molecule has 0 N–H and O–H groups in total. The van der Waals surface area contributed by atoms with Gasteiger partial charge in [-0.05, 0) is 5.04 Å². The van der Waals surface area contributed by atoms with Gasteiger partial charge in [0.05, 0.1) is 0 Å². The Morgan fingerprint density at radius 1 is 1.67 bits per heavy atom. The molecule has 0 fully saturated rings. The first-order valence-electron chi connectivity index (χ1n) is 2.20. The van der Waals surface area contributed by atoms with E-state index in [1.807, 2.05) is 6.08 Å². The minimum absolute atomic E-state index is 0.444. The predicted octanol–water partition coefficient (Wildman–Crippen LogP) is 0.736. The van der Waals surface area contributed by atoms with E-state index in [2.05, 4.69) is 20.4 Å². The highest BCUT2D eigenvalue weighted by Gasteiger charge is 1.99. The number of hydrogen-bond acceptors (Lipinski definition) is 0. The zero-order chi connectivity index (χ0) is 5.21. The van der Waals surface area contributed by atoms with E-state index in [-0.39, 0.29) is 0 Å². The molecule has 0 saturated carbocycles. The van der Waals surface area contributed by atoms with Gasteiger partial charge in [-0.1, -0.05) is 19.9 Å². The van der Waals surface area contributed by atoms with E-state index >= 15 is 0 Å². The van der Waals surface area contributed by atoms with Crippen LogP contribution in [0.2, 0.25) is 5.04 Å². The highest BCUT2D eigenvalue weighted by Crippen LogP contribution is 2.17. The second-order valence-corrected chi connectivity index (χ2v) is 5.15. The summed E-state index contributed by atoms with van der Waals surface area (Å²) >= 11 is 0. The Morgan fingerprint density at radius 3 is 1.83 bits per heavy atom. The van der Waals surface area contributed by atoms with Gasteiger partial charge in [-0.15, -0.1) is 6.58 Å². The van der Waals surface area contributed by atoms with E-state index < -0.39 is 0 Å². The van der Waals surface area contributed by atoms with Crippen molar-refractivity contribution in [2.24, 2.45) is 0 Å². The van der Waals surface area contributed by atoms with Gasteiger partial charge in [-0.2, -0.15) is 0 Å². The first kappa shape index (κ1) is 5.96. The molecule has 0 heterocycles. The summed E-state index contributed by atoms with van der Waals surface area (Å²) in [6, 6.07) is 0. The molecule has 1 heteroatoms. The fourth-order valence-corrected chi connectivity index (χ4v) is 0. The van der Waals surface area contributed by atoms with Crippen LogP contribution in [0.1, 0.15) is 13.8 Å². The second-order valence-electron chi connectivity index (χ2n) is 2.57. The molecule has 0 amide bonds. The van der Waals surface area contributed by atoms with Crippen LogP contribution in [-0.4, -0.2) is 10.2 Å². The van der Waals surface area contributed by atoms with Crippen molar-refractivity contribution in [3.8, 4) is 0 Å². The van der Waals surface area contributed by atoms with E-state index in [4.69, 9.17) is 0 Å². The van der Waals surface area contributed by atoms with Crippen molar-refractivity contribution in [2.75, 3.05) is 0 Å². The molecule has 0 aliphatic carbocycles. The fourth-order valence-electron chi connectivity index (χ4n) is 0. The maximum Gasteiger partial charge on any atom is 0.0147 e. The molecule has 0 aromatic carbocycles. The summed E-state index contributed by atoms with van der Waals surface area (Å²) in [5, 5.41) is 0.444. The summed E-state index contributed by atoms with van der Waals surface area (Å²) in [7, 11) is 1.21. The normalized spacial score (nSPS) is 11.7. The highest BCUT2D eigenvalue weighted by atomic mass is 28.1. The fraction of sp³-hybridized carbons (Fsp3) is 0.600. The molecule has 0 atom stereocenters. The lowest BCUT2D eigenvalue weighted by molar-refractivity contribution is 0.864. The van der Waals surface area contributed by atoms with E-state index in [1.54, 1.807) is 0 Å². The summed E-state index contributed by atoms with van der Waals surface area (Å²) in [6.45, 7) is 8.04. The van der Waals surface area contributed by atoms with Crippen LogP contribution in [-0.2, 0) is 0 Å². The van der Waals surface area contributed by atoms with Crippen molar-refractivity contribution in [3.05, 3.63) is 12.7 Å². The van der Waals surface area contributed by atoms with Gasteiger partial charge in [-0.25, -0.2) is 0 Å². The van der Waals surface area contributed by atoms with E-state index in [0.29, 0.717) is 5.04 Å². The predicted molar refractivity (Wildman–Crippen MR) is 34.2 cm³/mol. The third kappa shape index (κ3) is 3.96. The van der Waals surface area contributed by atoms with Gasteiger partial charge in [0.2, 0.25) is 0 Å². The average Bonchev–Trinajstić information content (AvgIpc) is 1.35. The molecule has 0 radical (unpaired) electrons. The van der Waals surface area contributed by atoms with Crippen molar-refractivity contribution in [2.45, 2.75) is 18.9 Å². The summed E-state index contributed by atoms with van der Waals surface area (Å²) in [5.74, 6) is 0. The maximum absolute atomic E-state index is 3.67. The Hall–Kier alpha value is -0.0431. The van der Waals surface area contributed by atoms with E-state index in [9.17, 15) is 0 Å². The standard InChI is InChI=1S/C5H12Si/c1-4-5(2,3)6/h4H,1H2,2-3,6H3. The van der Waals surface area contributed by atoms with Crippen LogP contribution in [0, 0.1) is 0 Å². The first-order chi connectivity index (χ1) is 2.56. The van der Waals surface area contributed by atoms with Gasteiger partial charge in [0.25, 0.3) is 0 Å². The lowest BCUT2D eigenvalue weighted by atomic mass is 10.2. The van der Waals surface area contributed by atoms with Crippen LogP contribution in [0.25, 0.3) is 0 Å². The van der Waals surface area contributed by atoms with Crippen LogP contribution in [0.15, 0.2) is 12.7 Å². The minimum atomic E-state index is 0.444. The summed E-state index contributed by atoms with van der Waals surface area (Å²) < 4.78 is 0. The quantitative estimate of drug-likeness (QED) is 0.337. The smallest absolute Gasteiger partial charge is 0.0147 e. The van der Waals surface area contributed by atoms with Crippen molar-refractivity contribution >= 4 is 10.2 Å². The molecule has 0 unspecified atom stereocenters. The van der Waals surface area contributed by atoms with Crippen LogP contribution >= 0.6 is 0 Å². The molecule has 0 bridgehead atoms. The third-order valence-corrected chi connectivity index (χ3v) is 1.02. The topological polar surface area (TPSA) is 0 Å². The Labute approximate surface area is 42.7 Å². The Balaban J connectivity index is 3.45. The van der Waals surface area contributed by atoms with Gasteiger partial charge >= 0.3 is 0 Å². The molecule has 0 aliphatic heterocycles. The molecular weight excluding hydrogens is 88.1 g/mol. The molecule has 0 aliphatic rings. The van der Waals surface area contributed by atoms with E-state index in [0.717, 1.165) is 0 Å². The largest absolute Gasteiger partial charge is 0.103 e. The van der Waals surface area contributed by atoms with Crippen molar-refractivity contribution in [1.82, 2.24) is 0 Å². The average molecular weight is 100 g/mol. The molecule has 0 aromatic rings. The molecule has 0 spiro atoms. The zero-order valence-electron chi connectivity index (χ0n) is 4.78. The summed E-state index contributed by atoms with van der Waals surface area (Å²) in [6.07, 6.45) is 2.00. The third-order valence-electron chi connectivity index (χ3n) is 0.612. The van der Waals surface area contributed by atoms with Gasteiger partial charge in [0.15, 0.2) is 0 Å². The van der Waals surface area contributed by atoms with Gasteiger partial charge < -0.3 is 0 Å². The Kier molecular flexibility index (Phi) is 1.59. The minimum Gasteiger partial charge on any atom is -0.103 e. The number of allylic oxidation sites excluding steroid dienone is 1. The van der Waals surface area contributed by atoms with Gasteiger partial charge in [0.1, 0.15) is 0 Å². The van der Waals surface area contributed by atoms with Crippen LogP contribution < -0.4 is 0 Å². The molecule has 0 nitrogen and oxygen atoms in total. The molecule has 0 rings (SSSR count). The Morgan fingerprint density at radius 2 is 1.83 bits per heavy atom. The SMILES string of the molecule is C=CC(C)(C)[SiH3]. The first-order valence-corrected chi connectivity index (χ1v) is 3.20. The molecule has 0 saturated heterocycles. The maximum atomic E-state index is 3.67. The monoisotopic (exact) mass is 100 g/mol. The van der Waals surface area contributed by atoms with E-state index in [1.165, 1.54) is 10.2 Å². The molecular formula is C5H12Si. The van der Waals surface area contributed by atoms with Crippen LogP contribution in [0.3, 0.4) is 0 Å². The number of hydrogen-bond donors (Lipinski definition) is 0. The molecule has 6 heavy (non-hydrogen) atoms. The highest BCUT2D eigenvalue weighted by molar-refractivity contribution is 6.15. The lowest BCUT2D eigenvalue weighted by Crippen LogP contribution is -1.93. The van der Waals surface area contributed by atoms with Crippen LogP contribution in [0.5, 0.6) is 0 Å². The molecule has 0 aromatic heterocycles. The van der Waals surface area contributed by atoms with Gasteiger partial charge in [0, 0.05) is 10.2 Å². The Bertz CT molecular complexity index is 49.4. The van der Waals surface area contributed by atoms with Crippen molar-refractivity contribution in [3.63, 3.8) is 0 Å².